The van der Waals surface area contributed by atoms with E-state index < -0.39 is 16.9 Å². The molecule has 0 aliphatic carbocycles. The average Bonchev–Trinajstić information content (AvgIpc) is 3.18. The van der Waals surface area contributed by atoms with Crippen molar-refractivity contribution in [2.45, 2.75) is 39.7 Å². The molecule has 198 valence electrons. The van der Waals surface area contributed by atoms with E-state index in [1.807, 2.05) is 19.1 Å². The molecule has 0 radical (unpaired) electrons. The molecule has 4 rings (SSSR count). The number of ether oxygens (including phenoxy) is 2. The van der Waals surface area contributed by atoms with Gasteiger partial charge in [-0.3, -0.25) is 19.5 Å². The minimum atomic E-state index is -0.839. The first-order valence-electron chi connectivity index (χ1n) is 12.0. The molecule has 0 saturated heterocycles. The van der Waals surface area contributed by atoms with Crippen LogP contribution >= 0.6 is 27.3 Å². The molecule has 0 N–H and O–H groups in total. The third-order valence-electron chi connectivity index (χ3n) is 6.11. The lowest BCUT2D eigenvalue weighted by Gasteiger charge is -2.27. The van der Waals surface area contributed by atoms with Crippen LogP contribution in [0.2, 0.25) is 0 Å². The highest BCUT2D eigenvalue weighted by Gasteiger charge is 2.36. The summed E-state index contributed by atoms with van der Waals surface area (Å²) in [6.45, 7) is 5.54. The van der Waals surface area contributed by atoms with Crippen molar-refractivity contribution in [3.63, 3.8) is 0 Å². The van der Waals surface area contributed by atoms with Crippen LogP contribution in [-0.2, 0) is 9.53 Å². The van der Waals surface area contributed by atoms with Crippen molar-refractivity contribution in [1.82, 2.24) is 4.57 Å². The second-order valence-electron chi connectivity index (χ2n) is 8.60. The van der Waals surface area contributed by atoms with Gasteiger partial charge in [0.15, 0.2) is 4.80 Å². The maximum Gasteiger partial charge on any atom is 0.338 e. The second kappa shape index (κ2) is 11.4. The van der Waals surface area contributed by atoms with E-state index in [0.29, 0.717) is 43.9 Å². The van der Waals surface area contributed by atoms with Crippen molar-refractivity contribution >= 4 is 45.0 Å². The number of nitro benzene ring substituents is 1. The molecule has 0 fully saturated rings. The maximum absolute atomic E-state index is 13.9. The van der Waals surface area contributed by atoms with Crippen molar-refractivity contribution in [1.29, 1.82) is 0 Å². The molecule has 0 saturated carbocycles. The maximum atomic E-state index is 13.9. The Kier molecular flexibility index (Phi) is 8.27. The monoisotopic (exact) mass is 599 g/mol. The normalized spacial score (nSPS) is 15.2. The smallest absolute Gasteiger partial charge is 0.338 e. The standard InChI is InChI=1S/C27H26BrN3O6S/c1-5-7-19-23(26(33)37-6-2)24(18-14-17(28)10-11-21(18)36-4)30-25(32)22(38-27(30)29-19)13-16-9-8-15(3)20(12-16)31(34)35/h8-14,24H,5-7H2,1-4H3/b22-13-/t24-/m0/s1. The van der Waals surface area contributed by atoms with Gasteiger partial charge >= 0.3 is 5.97 Å². The first-order valence-corrected chi connectivity index (χ1v) is 13.6. The lowest BCUT2D eigenvalue weighted by Crippen LogP contribution is -2.40. The van der Waals surface area contributed by atoms with Gasteiger partial charge in [-0.15, -0.1) is 0 Å². The lowest BCUT2D eigenvalue weighted by atomic mass is 9.93. The summed E-state index contributed by atoms with van der Waals surface area (Å²) in [7, 11) is 1.53. The molecule has 0 amide bonds. The number of hydrogen-bond donors (Lipinski definition) is 0. The number of benzene rings is 2. The number of methoxy groups -OCH3 is 1. The Bertz CT molecular complexity index is 1640. The third kappa shape index (κ3) is 5.21. The third-order valence-corrected chi connectivity index (χ3v) is 7.58. The van der Waals surface area contributed by atoms with Crippen LogP contribution in [-0.4, -0.2) is 29.2 Å². The molecule has 3 aromatic rings. The van der Waals surface area contributed by atoms with Gasteiger partial charge in [-0.2, -0.15) is 0 Å². The van der Waals surface area contributed by atoms with E-state index in [1.165, 1.54) is 29.1 Å². The summed E-state index contributed by atoms with van der Waals surface area (Å²) >= 11 is 4.67. The Hall–Kier alpha value is -3.57. The summed E-state index contributed by atoms with van der Waals surface area (Å²) in [5.74, 6) is -0.0448. The highest BCUT2D eigenvalue weighted by molar-refractivity contribution is 9.10. The van der Waals surface area contributed by atoms with Crippen LogP contribution in [0.15, 0.2) is 61.9 Å². The van der Waals surface area contributed by atoms with Crippen LogP contribution in [0.3, 0.4) is 0 Å². The van der Waals surface area contributed by atoms with Crippen molar-refractivity contribution in [3.05, 3.63) is 98.6 Å². The number of nitrogens with zero attached hydrogens (tertiary/aromatic N) is 3. The van der Waals surface area contributed by atoms with E-state index >= 15 is 0 Å². The molecule has 9 nitrogen and oxygen atoms in total. The van der Waals surface area contributed by atoms with Crippen molar-refractivity contribution < 1.29 is 19.2 Å². The number of aryl methyl sites for hydroxylation is 1. The first-order chi connectivity index (χ1) is 18.2. The molecule has 1 aliphatic heterocycles. The fourth-order valence-electron chi connectivity index (χ4n) is 4.40. The summed E-state index contributed by atoms with van der Waals surface area (Å²) < 4.78 is 13.6. The Labute approximate surface area is 231 Å². The van der Waals surface area contributed by atoms with Crippen LogP contribution in [0, 0.1) is 17.0 Å². The number of carbonyl (C=O) groups excluding carboxylic acids is 1. The number of rotatable bonds is 8. The van der Waals surface area contributed by atoms with Gasteiger partial charge < -0.3 is 9.47 Å². The minimum Gasteiger partial charge on any atom is -0.496 e. The van der Waals surface area contributed by atoms with Crippen LogP contribution in [0.4, 0.5) is 5.69 Å². The summed E-state index contributed by atoms with van der Waals surface area (Å²) in [6.07, 6.45) is 2.85. The average molecular weight is 600 g/mol. The van der Waals surface area contributed by atoms with E-state index in [-0.39, 0.29) is 23.4 Å². The summed E-state index contributed by atoms with van der Waals surface area (Å²) in [4.78, 5) is 43.4. The number of aromatic nitrogens is 1. The number of halogens is 1. The number of allylic oxidation sites excluding steroid dienone is 1. The first kappa shape index (κ1) is 27.5. The van der Waals surface area contributed by atoms with Crippen LogP contribution < -0.4 is 19.6 Å². The number of thiazole rings is 1. The molecule has 1 aromatic heterocycles. The van der Waals surface area contributed by atoms with Gasteiger partial charge in [-0.05, 0) is 50.1 Å². The number of carbonyl (C=O) groups is 1. The molecule has 2 aromatic carbocycles. The molecule has 38 heavy (non-hydrogen) atoms. The fraction of sp³-hybridized carbons (Fsp3) is 0.296. The highest BCUT2D eigenvalue weighted by Crippen LogP contribution is 2.38. The lowest BCUT2D eigenvalue weighted by molar-refractivity contribution is -0.385. The molecule has 2 heterocycles. The molecule has 0 spiro atoms. The molecule has 1 atom stereocenters. The SMILES string of the molecule is CCCC1=C(C(=O)OCC)[C@H](c2cc(Br)ccc2OC)n2c(s/c(=C\c3ccc(C)c([N+](=O)[O-])c3)c2=O)=N1. The van der Waals surface area contributed by atoms with E-state index in [2.05, 4.69) is 15.9 Å². The molecule has 1 aliphatic rings. The number of nitro groups is 1. The predicted octanol–water partition coefficient (Wildman–Crippen LogP) is 4.57. The zero-order valence-electron chi connectivity index (χ0n) is 21.3. The molecular weight excluding hydrogens is 574 g/mol. The van der Waals surface area contributed by atoms with Crippen LogP contribution in [0.1, 0.15) is 49.4 Å². The van der Waals surface area contributed by atoms with Crippen molar-refractivity contribution in [2.75, 3.05) is 13.7 Å². The van der Waals surface area contributed by atoms with E-state index in [1.54, 1.807) is 38.1 Å². The van der Waals surface area contributed by atoms with Gasteiger partial charge in [-0.25, -0.2) is 9.79 Å². The van der Waals surface area contributed by atoms with Gasteiger partial charge in [0.2, 0.25) is 0 Å². The number of esters is 1. The van der Waals surface area contributed by atoms with Crippen LogP contribution in [0.5, 0.6) is 5.75 Å². The van der Waals surface area contributed by atoms with Gasteiger partial charge in [0.25, 0.3) is 11.2 Å². The van der Waals surface area contributed by atoms with Gasteiger partial charge in [-0.1, -0.05) is 52.7 Å². The molecule has 0 unspecified atom stereocenters. The highest BCUT2D eigenvalue weighted by atomic mass is 79.9. The number of hydrogen-bond acceptors (Lipinski definition) is 8. The Balaban J connectivity index is 2.04. The number of fused-ring (bicyclic) bond motifs is 1. The molecular formula is C27H26BrN3O6S. The van der Waals surface area contributed by atoms with Gasteiger partial charge in [0.05, 0.1) is 34.4 Å². The van der Waals surface area contributed by atoms with E-state index in [4.69, 9.17) is 14.5 Å². The minimum absolute atomic E-state index is 0.0295. The Morgan fingerprint density at radius 3 is 2.68 bits per heavy atom. The molecule has 11 heteroatoms. The predicted molar refractivity (Wildman–Crippen MR) is 148 cm³/mol. The van der Waals surface area contributed by atoms with Gasteiger partial charge in [0.1, 0.15) is 11.8 Å². The Morgan fingerprint density at radius 1 is 1.26 bits per heavy atom. The second-order valence-corrected chi connectivity index (χ2v) is 10.5. The molecule has 0 bridgehead atoms. The fourth-order valence-corrected chi connectivity index (χ4v) is 5.80. The zero-order valence-corrected chi connectivity index (χ0v) is 23.7. The Morgan fingerprint density at radius 2 is 2.03 bits per heavy atom. The summed E-state index contributed by atoms with van der Waals surface area (Å²) in [5, 5.41) is 11.4. The van der Waals surface area contributed by atoms with Gasteiger partial charge in [0, 0.05) is 21.7 Å². The quantitative estimate of drug-likeness (QED) is 0.213. The zero-order chi connectivity index (χ0) is 27.6. The largest absolute Gasteiger partial charge is 0.496 e. The van der Waals surface area contributed by atoms with E-state index in [0.717, 1.165) is 10.9 Å². The van der Waals surface area contributed by atoms with Crippen molar-refractivity contribution in [3.8, 4) is 5.75 Å². The van der Waals surface area contributed by atoms with E-state index in [9.17, 15) is 19.7 Å². The summed E-state index contributed by atoms with van der Waals surface area (Å²) in [6, 6.07) is 9.37. The summed E-state index contributed by atoms with van der Waals surface area (Å²) in [5.41, 5.74) is 2.08. The van der Waals surface area contributed by atoms with Crippen LogP contribution in [0.25, 0.3) is 6.08 Å². The van der Waals surface area contributed by atoms with Crippen molar-refractivity contribution in [2.24, 2.45) is 4.99 Å². The topological polar surface area (TPSA) is 113 Å².